The van der Waals surface area contributed by atoms with Crippen molar-refractivity contribution in [3.63, 3.8) is 0 Å². The Morgan fingerprint density at radius 1 is 1.25 bits per heavy atom. The summed E-state index contributed by atoms with van der Waals surface area (Å²) >= 11 is 2.00. The zero-order valence-electron chi connectivity index (χ0n) is 11.4. The Kier molecular flexibility index (Phi) is 6.08. The zero-order chi connectivity index (χ0) is 12.1. The minimum atomic E-state index is -0.936. The van der Waals surface area contributed by atoms with Crippen molar-refractivity contribution in [2.24, 2.45) is 16.8 Å². The van der Waals surface area contributed by atoms with Crippen LogP contribution >= 0.6 is 11.8 Å². The molecule has 0 bridgehead atoms. The van der Waals surface area contributed by atoms with E-state index in [1.807, 2.05) is 11.8 Å². The first-order chi connectivity index (χ1) is 7.50. The van der Waals surface area contributed by atoms with Crippen molar-refractivity contribution in [2.75, 3.05) is 25.4 Å². The van der Waals surface area contributed by atoms with E-state index in [0.717, 1.165) is 18.4 Å². The van der Waals surface area contributed by atoms with Gasteiger partial charge >= 0.3 is 0 Å². The van der Waals surface area contributed by atoms with Crippen molar-refractivity contribution in [1.29, 1.82) is 0 Å². The Balaban J connectivity index is 2.59. The molecule has 1 aliphatic rings. The standard InChI is InChI=1S/C12H26N2SSi/c1-10(2)8-14(9-11(3)4)16(5)12-13-6-7-15-12/h10-11,16H,6-9H2,1-5H3. The fraction of sp³-hybridized carbons (Fsp3) is 0.917. The lowest BCUT2D eigenvalue weighted by Gasteiger charge is -2.31. The van der Waals surface area contributed by atoms with E-state index in [0.29, 0.717) is 0 Å². The fourth-order valence-electron chi connectivity index (χ4n) is 2.09. The number of hydrogen-bond acceptors (Lipinski definition) is 3. The highest BCUT2D eigenvalue weighted by Gasteiger charge is 2.24. The van der Waals surface area contributed by atoms with E-state index in [1.165, 1.54) is 23.5 Å². The third-order valence-electron chi connectivity index (χ3n) is 2.71. The predicted molar refractivity (Wildman–Crippen MR) is 79.0 cm³/mol. The molecule has 2 nitrogen and oxygen atoms in total. The molecule has 94 valence electrons. The van der Waals surface area contributed by atoms with Crippen LogP contribution in [0.1, 0.15) is 27.7 Å². The van der Waals surface area contributed by atoms with Crippen molar-refractivity contribution in [3.05, 3.63) is 0 Å². The number of aliphatic imine (C=N–C) groups is 1. The van der Waals surface area contributed by atoms with Gasteiger partial charge in [-0.15, -0.1) is 11.8 Å². The van der Waals surface area contributed by atoms with Crippen molar-refractivity contribution >= 4 is 25.4 Å². The van der Waals surface area contributed by atoms with Crippen molar-refractivity contribution in [3.8, 4) is 0 Å². The topological polar surface area (TPSA) is 15.6 Å². The second-order valence-corrected chi connectivity index (χ2v) is 9.65. The third-order valence-corrected chi connectivity index (χ3v) is 7.46. The first kappa shape index (κ1) is 14.3. The van der Waals surface area contributed by atoms with Crippen LogP contribution in [-0.2, 0) is 0 Å². The molecule has 0 radical (unpaired) electrons. The molecule has 1 atom stereocenters. The van der Waals surface area contributed by atoms with Crippen molar-refractivity contribution in [2.45, 2.75) is 34.2 Å². The van der Waals surface area contributed by atoms with Gasteiger partial charge in [-0.2, -0.15) is 0 Å². The molecule has 0 aromatic carbocycles. The maximum absolute atomic E-state index is 4.67. The Labute approximate surface area is 107 Å². The summed E-state index contributed by atoms with van der Waals surface area (Å²) < 4.78 is 4.22. The molecule has 0 aromatic heterocycles. The van der Waals surface area contributed by atoms with Gasteiger partial charge in [0, 0.05) is 12.3 Å². The van der Waals surface area contributed by atoms with Crippen LogP contribution in [-0.4, -0.2) is 43.6 Å². The molecule has 0 amide bonds. The lowest BCUT2D eigenvalue weighted by Crippen LogP contribution is -2.45. The molecule has 4 heteroatoms. The maximum atomic E-state index is 4.67. The van der Waals surface area contributed by atoms with Crippen LogP contribution in [0, 0.1) is 11.8 Å². The molecule has 0 aliphatic carbocycles. The van der Waals surface area contributed by atoms with E-state index in [4.69, 9.17) is 0 Å². The minimum absolute atomic E-state index is 0.765. The number of rotatable bonds is 6. The van der Waals surface area contributed by atoms with Crippen LogP contribution in [0.3, 0.4) is 0 Å². The van der Waals surface area contributed by atoms with Crippen LogP contribution in [0.2, 0.25) is 6.55 Å². The molecule has 0 saturated heterocycles. The summed E-state index contributed by atoms with van der Waals surface area (Å²) in [6, 6.07) is 0. The molecule has 0 spiro atoms. The highest BCUT2D eigenvalue weighted by Crippen LogP contribution is 2.18. The van der Waals surface area contributed by atoms with Crippen LogP contribution in [0.15, 0.2) is 4.99 Å². The molecule has 0 saturated carbocycles. The highest BCUT2D eigenvalue weighted by atomic mass is 32.2. The summed E-state index contributed by atoms with van der Waals surface area (Å²) in [5.41, 5.74) is 0. The van der Waals surface area contributed by atoms with E-state index in [2.05, 4.69) is 43.8 Å². The number of nitrogens with zero attached hydrogens (tertiary/aromatic N) is 2. The van der Waals surface area contributed by atoms with Crippen LogP contribution in [0.5, 0.6) is 0 Å². The van der Waals surface area contributed by atoms with Gasteiger partial charge in [0.1, 0.15) is 0 Å². The maximum Gasteiger partial charge on any atom is 0.171 e. The molecule has 0 aromatic rings. The second kappa shape index (κ2) is 6.82. The van der Waals surface area contributed by atoms with E-state index in [-0.39, 0.29) is 0 Å². The summed E-state index contributed by atoms with van der Waals surface area (Å²) in [6.07, 6.45) is 0. The summed E-state index contributed by atoms with van der Waals surface area (Å²) in [6.45, 7) is 15.2. The number of hydrogen-bond donors (Lipinski definition) is 0. The zero-order valence-corrected chi connectivity index (χ0v) is 13.3. The molecular weight excluding hydrogens is 232 g/mol. The molecule has 16 heavy (non-hydrogen) atoms. The Hall–Kier alpha value is 0.197. The monoisotopic (exact) mass is 258 g/mol. The molecule has 1 aliphatic heterocycles. The van der Waals surface area contributed by atoms with E-state index in [1.54, 1.807) is 0 Å². The van der Waals surface area contributed by atoms with Gasteiger partial charge in [-0.3, -0.25) is 4.99 Å². The Morgan fingerprint density at radius 2 is 1.81 bits per heavy atom. The third kappa shape index (κ3) is 4.59. The van der Waals surface area contributed by atoms with Gasteiger partial charge < -0.3 is 4.57 Å². The fourth-order valence-corrected chi connectivity index (χ4v) is 6.61. The molecule has 0 fully saturated rings. The number of thioether (sulfide) groups is 1. The summed E-state index contributed by atoms with van der Waals surface area (Å²) in [7, 11) is -0.936. The second-order valence-electron chi connectivity index (χ2n) is 5.49. The Morgan fingerprint density at radius 3 is 2.19 bits per heavy atom. The van der Waals surface area contributed by atoms with Gasteiger partial charge in [0.2, 0.25) is 0 Å². The van der Waals surface area contributed by atoms with E-state index >= 15 is 0 Å². The first-order valence-electron chi connectivity index (χ1n) is 6.42. The predicted octanol–water partition coefficient (Wildman–Crippen LogP) is 2.64. The average Bonchev–Trinajstić information content (AvgIpc) is 2.66. The largest absolute Gasteiger partial charge is 0.320 e. The molecule has 1 rings (SSSR count). The van der Waals surface area contributed by atoms with Crippen LogP contribution < -0.4 is 0 Å². The molecular formula is C12H26N2SSi. The van der Waals surface area contributed by atoms with Crippen molar-refractivity contribution in [1.82, 2.24) is 4.57 Å². The normalized spacial score (nSPS) is 18.6. The summed E-state index contributed by atoms with van der Waals surface area (Å²) in [5, 5.41) is 0. The van der Waals surface area contributed by atoms with Gasteiger partial charge in [-0.1, -0.05) is 34.2 Å². The van der Waals surface area contributed by atoms with E-state index in [9.17, 15) is 0 Å². The SMILES string of the molecule is CC(C)CN(CC(C)C)[SiH](C)C1=NCCS1. The van der Waals surface area contributed by atoms with Gasteiger partial charge in [0.15, 0.2) is 8.96 Å². The molecule has 1 heterocycles. The lowest BCUT2D eigenvalue weighted by molar-refractivity contribution is 0.343. The first-order valence-corrected chi connectivity index (χ1v) is 9.65. The van der Waals surface area contributed by atoms with Crippen LogP contribution in [0.25, 0.3) is 0 Å². The van der Waals surface area contributed by atoms with Gasteiger partial charge in [0.25, 0.3) is 0 Å². The smallest absolute Gasteiger partial charge is 0.171 e. The van der Waals surface area contributed by atoms with Crippen LogP contribution in [0.4, 0.5) is 0 Å². The summed E-state index contributed by atoms with van der Waals surface area (Å²) in [5.74, 6) is 2.74. The summed E-state index contributed by atoms with van der Waals surface area (Å²) in [4.78, 5) is 4.67. The van der Waals surface area contributed by atoms with Gasteiger partial charge in [-0.05, 0) is 24.9 Å². The quantitative estimate of drug-likeness (QED) is 0.681. The minimum Gasteiger partial charge on any atom is -0.320 e. The lowest BCUT2D eigenvalue weighted by atomic mass is 10.2. The molecule has 0 N–H and O–H groups in total. The van der Waals surface area contributed by atoms with Gasteiger partial charge in [-0.25, -0.2) is 0 Å². The van der Waals surface area contributed by atoms with Crippen molar-refractivity contribution < 1.29 is 0 Å². The molecule has 1 unspecified atom stereocenters. The van der Waals surface area contributed by atoms with E-state index < -0.39 is 8.96 Å². The Bertz CT molecular complexity index is 231. The van der Waals surface area contributed by atoms with Gasteiger partial charge in [0.05, 0.1) is 4.67 Å². The highest BCUT2D eigenvalue weighted by molar-refractivity contribution is 8.17. The average molecular weight is 259 g/mol.